The summed E-state index contributed by atoms with van der Waals surface area (Å²) in [5, 5.41) is 3.24. The maximum absolute atomic E-state index is 12.3. The monoisotopic (exact) mass is 359 g/mol. The lowest BCUT2D eigenvalue weighted by Crippen LogP contribution is -2.36. The number of aryl methyl sites for hydroxylation is 1. The predicted molar refractivity (Wildman–Crippen MR) is 105 cm³/mol. The number of allylic oxidation sites excluding steroid dienone is 1. The number of hydrogen-bond acceptors (Lipinski definition) is 5. The second-order valence-electron chi connectivity index (χ2n) is 7.75. The summed E-state index contributed by atoms with van der Waals surface area (Å²) in [5.74, 6) is 0.605. The SMILES string of the molecule is C/C(=C\CC(N)C(C)C)Cc1nc(OC(=O)C2CCCNC2)ccc1C. The molecule has 1 aromatic rings. The van der Waals surface area contributed by atoms with Gasteiger partial charge in [-0.3, -0.25) is 4.79 Å². The van der Waals surface area contributed by atoms with Gasteiger partial charge in [0.05, 0.1) is 11.6 Å². The minimum absolute atomic E-state index is 0.0746. The van der Waals surface area contributed by atoms with Crippen LogP contribution in [0.25, 0.3) is 0 Å². The molecule has 2 atom stereocenters. The van der Waals surface area contributed by atoms with Crippen LogP contribution in [0.15, 0.2) is 23.8 Å². The lowest BCUT2D eigenvalue weighted by molar-refractivity contribution is -0.139. The molecule has 3 N–H and O–H groups in total. The molecule has 5 nitrogen and oxygen atoms in total. The molecule has 0 aromatic carbocycles. The number of hydrogen-bond donors (Lipinski definition) is 2. The summed E-state index contributed by atoms with van der Waals surface area (Å²) in [4.78, 5) is 16.9. The molecule has 2 unspecified atom stereocenters. The van der Waals surface area contributed by atoms with Crippen LogP contribution in [0.4, 0.5) is 0 Å². The molecule has 26 heavy (non-hydrogen) atoms. The third kappa shape index (κ3) is 6.22. The van der Waals surface area contributed by atoms with Crippen molar-refractivity contribution in [2.24, 2.45) is 17.6 Å². The molecule has 2 rings (SSSR count). The first kappa shape index (κ1) is 20.6. The van der Waals surface area contributed by atoms with Crippen molar-refractivity contribution in [2.75, 3.05) is 13.1 Å². The fourth-order valence-electron chi connectivity index (χ4n) is 2.97. The molecule has 2 heterocycles. The molecular formula is C21H33N3O2. The van der Waals surface area contributed by atoms with Crippen LogP contribution in [-0.2, 0) is 11.2 Å². The third-order valence-corrected chi connectivity index (χ3v) is 5.05. The van der Waals surface area contributed by atoms with Gasteiger partial charge in [0.15, 0.2) is 0 Å². The quantitative estimate of drug-likeness (QED) is 0.578. The Kier molecular flexibility index (Phi) is 7.79. The molecule has 0 aliphatic carbocycles. The largest absolute Gasteiger partial charge is 0.407 e. The first-order valence-electron chi connectivity index (χ1n) is 9.67. The zero-order chi connectivity index (χ0) is 19.1. The van der Waals surface area contributed by atoms with E-state index in [9.17, 15) is 4.79 Å². The van der Waals surface area contributed by atoms with Crippen molar-refractivity contribution in [3.05, 3.63) is 35.0 Å². The fraction of sp³-hybridized carbons (Fsp3) is 0.619. The molecule has 0 amide bonds. The molecular weight excluding hydrogens is 326 g/mol. The number of piperidine rings is 1. The van der Waals surface area contributed by atoms with E-state index in [0.717, 1.165) is 43.5 Å². The molecule has 0 bridgehead atoms. The van der Waals surface area contributed by atoms with E-state index < -0.39 is 0 Å². The van der Waals surface area contributed by atoms with Crippen molar-refractivity contribution in [2.45, 2.75) is 59.4 Å². The molecule has 0 saturated carbocycles. The summed E-state index contributed by atoms with van der Waals surface area (Å²) in [6.45, 7) is 10.1. The zero-order valence-electron chi connectivity index (χ0n) is 16.5. The van der Waals surface area contributed by atoms with E-state index >= 15 is 0 Å². The number of esters is 1. The van der Waals surface area contributed by atoms with Gasteiger partial charge in [0.2, 0.25) is 5.88 Å². The number of carbonyl (C=O) groups is 1. The van der Waals surface area contributed by atoms with E-state index in [-0.39, 0.29) is 17.9 Å². The highest BCUT2D eigenvalue weighted by atomic mass is 16.5. The number of nitrogens with one attached hydrogen (secondary N) is 1. The van der Waals surface area contributed by atoms with Gasteiger partial charge < -0.3 is 15.8 Å². The van der Waals surface area contributed by atoms with Crippen molar-refractivity contribution in [3.8, 4) is 5.88 Å². The number of rotatable bonds is 7. The molecule has 0 spiro atoms. The van der Waals surface area contributed by atoms with Gasteiger partial charge in [-0.2, -0.15) is 0 Å². The van der Waals surface area contributed by atoms with Gasteiger partial charge in [-0.15, -0.1) is 0 Å². The minimum Gasteiger partial charge on any atom is -0.407 e. The Bertz CT molecular complexity index is 634. The summed E-state index contributed by atoms with van der Waals surface area (Å²) in [5.41, 5.74) is 9.40. The van der Waals surface area contributed by atoms with Gasteiger partial charge in [0, 0.05) is 25.1 Å². The predicted octanol–water partition coefficient (Wildman–Crippen LogP) is 3.16. The maximum Gasteiger partial charge on any atom is 0.316 e. The van der Waals surface area contributed by atoms with Crippen molar-refractivity contribution in [1.29, 1.82) is 0 Å². The Morgan fingerprint density at radius 2 is 2.23 bits per heavy atom. The number of nitrogens with zero attached hydrogens (tertiary/aromatic N) is 1. The van der Waals surface area contributed by atoms with Crippen LogP contribution < -0.4 is 15.8 Å². The Balaban J connectivity index is 1.99. The van der Waals surface area contributed by atoms with Crippen LogP contribution in [0.1, 0.15) is 51.3 Å². The molecule has 1 fully saturated rings. The molecule has 1 saturated heterocycles. The summed E-state index contributed by atoms with van der Waals surface area (Å²) < 4.78 is 5.53. The Morgan fingerprint density at radius 3 is 2.88 bits per heavy atom. The Labute approximate surface area is 157 Å². The summed E-state index contributed by atoms with van der Waals surface area (Å²) in [6, 6.07) is 3.92. The van der Waals surface area contributed by atoms with E-state index in [1.165, 1.54) is 5.57 Å². The summed E-state index contributed by atoms with van der Waals surface area (Å²) in [7, 11) is 0. The van der Waals surface area contributed by atoms with Crippen molar-refractivity contribution in [1.82, 2.24) is 10.3 Å². The minimum atomic E-state index is -0.185. The number of pyridine rings is 1. The Hall–Kier alpha value is -1.72. The number of ether oxygens (including phenoxy) is 1. The molecule has 1 aromatic heterocycles. The van der Waals surface area contributed by atoms with Crippen LogP contribution >= 0.6 is 0 Å². The van der Waals surface area contributed by atoms with Gasteiger partial charge in [-0.05, 0) is 51.1 Å². The summed E-state index contributed by atoms with van der Waals surface area (Å²) in [6.07, 6.45) is 5.69. The number of aromatic nitrogens is 1. The van der Waals surface area contributed by atoms with Gasteiger partial charge >= 0.3 is 5.97 Å². The number of carbonyl (C=O) groups excluding carboxylic acids is 1. The summed E-state index contributed by atoms with van der Waals surface area (Å²) >= 11 is 0. The zero-order valence-corrected chi connectivity index (χ0v) is 16.5. The topological polar surface area (TPSA) is 77.2 Å². The van der Waals surface area contributed by atoms with Gasteiger partial charge in [0.25, 0.3) is 0 Å². The van der Waals surface area contributed by atoms with Crippen LogP contribution in [-0.4, -0.2) is 30.1 Å². The Morgan fingerprint density at radius 1 is 1.46 bits per heavy atom. The van der Waals surface area contributed by atoms with Gasteiger partial charge in [0.1, 0.15) is 0 Å². The lowest BCUT2D eigenvalue weighted by Gasteiger charge is -2.20. The van der Waals surface area contributed by atoms with Crippen molar-refractivity contribution in [3.63, 3.8) is 0 Å². The standard InChI is InChI=1S/C21H33N3O2/c1-14(2)18(22)9-7-15(3)12-19-16(4)8-10-20(24-19)26-21(25)17-6-5-11-23-13-17/h7-8,10,14,17-18,23H,5-6,9,11-13,22H2,1-4H3/b15-7+. The van der Waals surface area contributed by atoms with Crippen LogP contribution in [0.3, 0.4) is 0 Å². The molecule has 144 valence electrons. The number of nitrogens with two attached hydrogens (primary N) is 1. The van der Waals surface area contributed by atoms with Crippen LogP contribution in [0.2, 0.25) is 0 Å². The highest BCUT2D eigenvalue weighted by Gasteiger charge is 2.23. The highest BCUT2D eigenvalue weighted by Crippen LogP contribution is 2.19. The first-order valence-corrected chi connectivity index (χ1v) is 9.67. The maximum atomic E-state index is 12.3. The third-order valence-electron chi connectivity index (χ3n) is 5.05. The normalized spacial score (nSPS) is 19.5. The van der Waals surface area contributed by atoms with E-state index in [1.54, 1.807) is 6.07 Å². The van der Waals surface area contributed by atoms with Crippen LogP contribution in [0, 0.1) is 18.8 Å². The van der Waals surface area contributed by atoms with Crippen molar-refractivity contribution < 1.29 is 9.53 Å². The van der Waals surface area contributed by atoms with E-state index in [1.807, 2.05) is 13.0 Å². The van der Waals surface area contributed by atoms with E-state index in [2.05, 4.69) is 37.1 Å². The second-order valence-corrected chi connectivity index (χ2v) is 7.75. The van der Waals surface area contributed by atoms with Gasteiger partial charge in [-0.25, -0.2) is 4.98 Å². The van der Waals surface area contributed by atoms with Crippen molar-refractivity contribution >= 4 is 5.97 Å². The van der Waals surface area contributed by atoms with E-state index in [4.69, 9.17) is 10.5 Å². The second kappa shape index (κ2) is 9.83. The molecule has 0 radical (unpaired) electrons. The smallest absolute Gasteiger partial charge is 0.316 e. The first-order chi connectivity index (χ1) is 12.4. The molecule has 1 aliphatic heterocycles. The van der Waals surface area contributed by atoms with E-state index in [0.29, 0.717) is 18.3 Å². The lowest BCUT2D eigenvalue weighted by atomic mass is 9.99. The highest BCUT2D eigenvalue weighted by molar-refractivity contribution is 5.75. The average Bonchev–Trinajstić information content (AvgIpc) is 2.63. The average molecular weight is 360 g/mol. The van der Waals surface area contributed by atoms with Crippen LogP contribution in [0.5, 0.6) is 5.88 Å². The van der Waals surface area contributed by atoms with Gasteiger partial charge in [-0.1, -0.05) is 31.6 Å². The fourth-order valence-corrected chi connectivity index (χ4v) is 2.97. The molecule has 5 heteroatoms. The molecule has 1 aliphatic rings.